The van der Waals surface area contributed by atoms with Gasteiger partial charge in [-0.25, -0.2) is 0 Å². The highest BCUT2D eigenvalue weighted by molar-refractivity contribution is 7.45. The number of phosphoric ester groups is 1. The average molecular weight is 818 g/mol. The molecule has 0 aromatic rings. The van der Waals surface area contributed by atoms with E-state index in [-0.39, 0.29) is 25.4 Å². The minimum absolute atomic E-state index is 0.231. The molecule has 0 aliphatic carbocycles. The van der Waals surface area contributed by atoms with Gasteiger partial charge < -0.3 is 27.9 Å². The third kappa shape index (κ3) is 39.8. The number of carbonyl (C=O) groups excluding carboxylic acids is 2. The molecule has 0 aliphatic rings. The maximum Gasteiger partial charge on any atom is 0.306 e. The van der Waals surface area contributed by atoms with E-state index in [1.54, 1.807) is 0 Å². The molecule has 0 aromatic carbocycles. The molecular formula is C46H92NO8P. The van der Waals surface area contributed by atoms with Gasteiger partial charge in [-0.05, 0) is 19.3 Å². The normalized spacial score (nSPS) is 14.1. The van der Waals surface area contributed by atoms with E-state index in [9.17, 15) is 19.0 Å². The van der Waals surface area contributed by atoms with Gasteiger partial charge >= 0.3 is 11.9 Å². The summed E-state index contributed by atoms with van der Waals surface area (Å²) in [5.41, 5.74) is 0. The molecule has 0 aliphatic heterocycles. The van der Waals surface area contributed by atoms with Crippen LogP contribution in [-0.2, 0) is 32.7 Å². The lowest BCUT2D eigenvalue weighted by Crippen LogP contribution is -2.42. The standard InChI is InChI=1S/C46H92NO8P/c1-7-10-12-14-16-18-20-22-24-26-28-30-32-34-36-38-45(48)52-41-44(42-53-56(50,51)55-43(9-3)40-47(4,5)6)54-46(49)39-37-35-33-31-29-27-25-23-21-19-17-15-13-11-8-2/h43-44H,7-42H2,1-6H3/t43?,44-/m1/s1. The summed E-state index contributed by atoms with van der Waals surface area (Å²) in [6.07, 6.45) is 36.8. The third-order valence-electron chi connectivity index (χ3n) is 10.6. The zero-order valence-corrected chi connectivity index (χ0v) is 38.7. The van der Waals surface area contributed by atoms with Gasteiger partial charge in [0.15, 0.2) is 6.10 Å². The van der Waals surface area contributed by atoms with Gasteiger partial charge in [0, 0.05) is 12.8 Å². The minimum Gasteiger partial charge on any atom is -0.756 e. The highest BCUT2D eigenvalue weighted by Gasteiger charge is 2.25. The Hall–Kier alpha value is -0.990. The average Bonchev–Trinajstić information content (AvgIpc) is 3.14. The van der Waals surface area contributed by atoms with E-state index in [1.165, 1.54) is 154 Å². The summed E-state index contributed by atoms with van der Waals surface area (Å²) in [6.45, 7) is 6.16. The number of carbonyl (C=O) groups is 2. The van der Waals surface area contributed by atoms with Crippen LogP contribution < -0.4 is 4.89 Å². The van der Waals surface area contributed by atoms with Gasteiger partial charge in [0.2, 0.25) is 0 Å². The van der Waals surface area contributed by atoms with Crippen molar-refractivity contribution in [2.45, 2.75) is 245 Å². The zero-order valence-electron chi connectivity index (χ0n) is 37.8. The zero-order chi connectivity index (χ0) is 41.6. The summed E-state index contributed by atoms with van der Waals surface area (Å²) in [6, 6.07) is 0. The Balaban J connectivity index is 4.46. The number of unbranched alkanes of at least 4 members (excludes halogenated alkanes) is 28. The maximum atomic E-state index is 12.8. The summed E-state index contributed by atoms with van der Waals surface area (Å²) in [7, 11) is 1.20. The summed E-state index contributed by atoms with van der Waals surface area (Å²) >= 11 is 0. The van der Waals surface area contributed by atoms with Gasteiger partial charge in [-0.15, -0.1) is 0 Å². The molecule has 0 amide bonds. The quantitative estimate of drug-likeness (QED) is 0.0259. The Morgan fingerprint density at radius 3 is 1.18 bits per heavy atom. The van der Waals surface area contributed by atoms with E-state index in [0.29, 0.717) is 23.9 Å². The molecule has 3 atom stereocenters. The van der Waals surface area contributed by atoms with Crippen LogP contribution in [0.3, 0.4) is 0 Å². The van der Waals surface area contributed by atoms with Crippen molar-refractivity contribution in [1.82, 2.24) is 0 Å². The van der Waals surface area contributed by atoms with Crippen molar-refractivity contribution >= 4 is 19.8 Å². The molecule has 0 heterocycles. The first-order valence-electron chi connectivity index (χ1n) is 23.7. The molecule has 10 heteroatoms. The summed E-state index contributed by atoms with van der Waals surface area (Å²) in [5, 5.41) is 0. The molecule has 0 rings (SSSR count). The van der Waals surface area contributed by atoms with Crippen molar-refractivity contribution in [2.75, 3.05) is 40.9 Å². The number of nitrogens with zero attached hydrogens (tertiary/aromatic N) is 1. The third-order valence-corrected chi connectivity index (χ3v) is 11.6. The second kappa shape index (κ2) is 38.2. The van der Waals surface area contributed by atoms with Crippen LogP contribution in [0.2, 0.25) is 0 Å². The molecule has 334 valence electrons. The Morgan fingerprint density at radius 2 is 0.839 bits per heavy atom. The molecular weight excluding hydrogens is 725 g/mol. The Labute approximate surface area is 346 Å². The van der Waals surface area contributed by atoms with Crippen LogP contribution in [0.1, 0.15) is 233 Å². The van der Waals surface area contributed by atoms with Gasteiger partial charge in [0.1, 0.15) is 19.3 Å². The minimum atomic E-state index is -4.69. The van der Waals surface area contributed by atoms with Crippen LogP contribution in [0, 0.1) is 0 Å². The fraction of sp³-hybridized carbons (Fsp3) is 0.957. The number of hydrogen-bond acceptors (Lipinski definition) is 8. The van der Waals surface area contributed by atoms with Crippen LogP contribution in [0.5, 0.6) is 0 Å². The SMILES string of the molecule is CCCCCCCCCCCCCCCCCC(=O)OC[C@H](COP(=O)([O-])OC(CC)C[N+](C)(C)C)OC(=O)CCCCCCCCCCCCCCCCC. The van der Waals surface area contributed by atoms with Crippen LogP contribution in [0.15, 0.2) is 0 Å². The number of hydrogen-bond donors (Lipinski definition) is 0. The molecule has 0 saturated carbocycles. The van der Waals surface area contributed by atoms with Crippen molar-refractivity contribution in [3.63, 3.8) is 0 Å². The van der Waals surface area contributed by atoms with Crippen molar-refractivity contribution in [3.8, 4) is 0 Å². The number of likely N-dealkylation sites (N-methyl/N-ethyl adjacent to an activating group) is 1. The molecule has 0 saturated heterocycles. The van der Waals surface area contributed by atoms with Gasteiger partial charge in [-0.1, -0.05) is 201 Å². The van der Waals surface area contributed by atoms with Crippen LogP contribution >= 0.6 is 7.82 Å². The fourth-order valence-electron chi connectivity index (χ4n) is 7.14. The topological polar surface area (TPSA) is 111 Å². The Kier molecular flexibility index (Phi) is 37.6. The van der Waals surface area contributed by atoms with Crippen molar-refractivity contribution in [2.24, 2.45) is 0 Å². The second-order valence-corrected chi connectivity index (χ2v) is 18.9. The van der Waals surface area contributed by atoms with E-state index in [1.807, 2.05) is 28.1 Å². The number of quaternary nitrogens is 1. The molecule has 0 aromatic heterocycles. The van der Waals surface area contributed by atoms with E-state index in [4.69, 9.17) is 18.5 Å². The van der Waals surface area contributed by atoms with E-state index in [2.05, 4.69) is 13.8 Å². The maximum absolute atomic E-state index is 12.8. The predicted octanol–water partition coefficient (Wildman–Crippen LogP) is 13.0. The van der Waals surface area contributed by atoms with Gasteiger partial charge in [0.05, 0.1) is 27.7 Å². The number of phosphoric acid groups is 1. The summed E-state index contributed by atoms with van der Waals surface area (Å²) in [4.78, 5) is 38.1. The molecule has 0 fully saturated rings. The molecule has 9 nitrogen and oxygen atoms in total. The Morgan fingerprint density at radius 1 is 0.500 bits per heavy atom. The summed E-state index contributed by atoms with van der Waals surface area (Å²) in [5.74, 6) is -0.816. The van der Waals surface area contributed by atoms with E-state index >= 15 is 0 Å². The molecule has 0 N–H and O–H groups in total. The van der Waals surface area contributed by atoms with E-state index < -0.39 is 32.6 Å². The second-order valence-electron chi connectivity index (χ2n) is 17.5. The van der Waals surface area contributed by atoms with Crippen LogP contribution in [0.4, 0.5) is 0 Å². The van der Waals surface area contributed by atoms with Gasteiger partial charge in [-0.3, -0.25) is 14.2 Å². The number of ether oxygens (including phenoxy) is 2. The lowest BCUT2D eigenvalue weighted by molar-refractivity contribution is -0.873. The van der Waals surface area contributed by atoms with Crippen LogP contribution in [-0.4, -0.2) is 69.5 Å². The Bertz CT molecular complexity index is 943. The highest BCUT2D eigenvalue weighted by Crippen LogP contribution is 2.41. The molecule has 2 unspecified atom stereocenters. The highest BCUT2D eigenvalue weighted by atomic mass is 31.2. The molecule has 0 bridgehead atoms. The molecule has 0 radical (unpaired) electrons. The van der Waals surface area contributed by atoms with Gasteiger partial charge in [0.25, 0.3) is 7.82 Å². The fourth-order valence-corrected chi connectivity index (χ4v) is 8.13. The first kappa shape index (κ1) is 55.0. The van der Waals surface area contributed by atoms with E-state index in [0.717, 1.165) is 32.1 Å². The number of rotatable bonds is 43. The monoisotopic (exact) mass is 818 g/mol. The summed E-state index contributed by atoms with van der Waals surface area (Å²) < 4.78 is 34.9. The number of esters is 2. The lowest BCUT2D eigenvalue weighted by Gasteiger charge is -2.33. The first-order chi connectivity index (χ1) is 26.9. The smallest absolute Gasteiger partial charge is 0.306 e. The molecule has 0 spiro atoms. The van der Waals surface area contributed by atoms with Crippen molar-refractivity contribution in [3.05, 3.63) is 0 Å². The van der Waals surface area contributed by atoms with Crippen molar-refractivity contribution in [1.29, 1.82) is 0 Å². The van der Waals surface area contributed by atoms with Crippen molar-refractivity contribution < 1.29 is 42.1 Å². The lowest BCUT2D eigenvalue weighted by atomic mass is 10.0. The first-order valence-corrected chi connectivity index (χ1v) is 25.2. The predicted molar refractivity (Wildman–Crippen MR) is 232 cm³/mol. The largest absolute Gasteiger partial charge is 0.756 e. The molecule has 56 heavy (non-hydrogen) atoms. The van der Waals surface area contributed by atoms with Gasteiger partial charge in [-0.2, -0.15) is 0 Å². The van der Waals surface area contributed by atoms with Crippen LogP contribution in [0.25, 0.3) is 0 Å².